The van der Waals surface area contributed by atoms with Gasteiger partial charge < -0.3 is 0 Å². The molecule has 0 bridgehead atoms. The van der Waals surface area contributed by atoms with Crippen LogP contribution in [0.2, 0.25) is 18.1 Å². The van der Waals surface area contributed by atoms with Crippen LogP contribution in [0.4, 0.5) is 0 Å². The quantitative estimate of drug-likeness (QED) is 0.579. The molecule has 0 unspecified atom stereocenters. The largest absolute Gasteiger partial charge is 0.0678 e. The van der Waals surface area contributed by atoms with Gasteiger partial charge in [-0.15, -0.1) is 0 Å². The summed E-state index contributed by atoms with van der Waals surface area (Å²) in [7, 11) is -1.01. The van der Waals surface area contributed by atoms with E-state index in [0.29, 0.717) is 0 Å². The second-order valence-corrected chi connectivity index (χ2v) is 10.2. The average molecular weight is 234 g/mol. The third-order valence-electron chi connectivity index (χ3n) is 3.98. The molecule has 0 fully saturated rings. The van der Waals surface area contributed by atoms with Crippen LogP contribution in [0.5, 0.6) is 0 Å². The van der Waals surface area contributed by atoms with Gasteiger partial charge in [-0.3, -0.25) is 0 Å². The molecule has 0 nitrogen and oxygen atoms in total. The summed E-state index contributed by atoms with van der Waals surface area (Å²) in [6.45, 7) is 7.13. The number of hydrogen-bond donors (Lipinski definition) is 0. The highest BCUT2D eigenvalue weighted by atomic mass is 28.3. The van der Waals surface area contributed by atoms with Crippen LogP contribution in [0.1, 0.15) is 39.2 Å². The fourth-order valence-electron chi connectivity index (χ4n) is 2.52. The first-order chi connectivity index (χ1) is 7.76. The molecule has 0 aliphatic carbocycles. The molecule has 0 N–H and O–H groups in total. The highest BCUT2D eigenvalue weighted by Gasteiger charge is 2.27. The molecule has 0 atom stereocenters. The van der Waals surface area contributed by atoms with E-state index in [4.69, 9.17) is 0 Å². The van der Waals surface area contributed by atoms with Gasteiger partial charge in [0, 0.05) is 0 Å². The molecule has 1 rings (SSSR count). The predicted molar refractivity (Wildman–Crippen MR) is 76.6 cm³/mol. The van der Waals surface area contributed by atoms with Crippen molar-refractivity contribution in [2.45, 2.75) is 57.8 Å². The molecule has 1 aromatic rings. The maximum Gasteiger partial charge on any atom is 0.0574 e. The summed E-state index contributed by atoms with van der Waals surface area (Å²) < 4.78 is 0. The monoisotopic (exact) mass is 234 g/mol. The van der Waals surface area contributed by atoms with Crippen LogP contribution in [0.25, 0.3) is 0 Å². The van der Waals surface area contributed by atoms with E-state index in [-0.39, 0.29) is 0 Å². The summed E-state index contributed by atoms with van der Waals surface area (Å²) in [5.74, 6) is 0. The predicted octanol–water partition coefficient (Wildman–Crippen LogP) is 5.06. The molecule has 0 amide bonds. The highest BCUT2D eigenvalue weighted by Crippen LogP contribution is 2.27. The normalized spacial score (nSPS) is 11.7. The topological polar surface area (TPSA) is 0 Å². The van der Waals surface area contributed by atoms with E-state index in [0.717, 1.165) is 0 Å². The summed E-state index contributed by atoms with van der Waals surface area (Å²) in [6.07, 6.45) is 2.78. The van der Waals surface area contributed by atoms with Crippen molar-refractivity contribution in [2.24, 2.45) is 0 Å². The number of unbranched alkanes of at least 4 members (excludes halogenated alkanes) is 1. The molecule has 0 spiro atoms. The fraction of sp³-hybridized carbons (Fsp3) is 0.600. The molecule has 0 aliphatic heterocycles. The minimum Gasteiger partial charge on any atom is -0.0678 e. The number of benzene rings is 1. The Bertz CT molecular complexity index is 275. The Hall–Kier alpha value is -0.563. The van der Waals surface area contributed by atoms with Gasteiger partial charge in [-0.05, 0) is 6.04 Å². The van der Waals surface area contributed by atoms with E-state index in [1.807, 2.05) is 0 Å². The Balaban J connectivity index is 2.70. The zero-order valence-corrected chi connectivity index (χ0v) is 12.1. The van der Waals surface area contributed by atoms with Crippen molar-refractivity contribution in [2.75, 3.05) is 0 Å². The molecule has 0 aromatic heterocycles. The van der Waals surface area contributed by atoms with Crippen LogP contribution < -0.4 is 0 Å². The lowest BCUT2D eigenvalue weighted by molar-refractivity contribution is 0.851. The third-order valence-corrected chi connectivity index (χ3v) is 9.56. The van der Waals surface area contributed by atoms with Crippen molar-refractivity contribution in [1.82, 2.24) is 0 Å². The Morgan fingerprint density at radius 1 is 0.938 bits per heavy atom. The van der Waals surface area contributed by atoms with Crippen LogP contribution in [0.3, 0.4) is 0 Å². The summed E-state index contributed by atoms with van der Waals surface area (Å²) in [5, 5.41) is 0. The van der Waals surface area contributed by atoms with Gasteiger partial charge in [0.15, 0.2) is 0 Å². The van der Waals surface area contributed by atoms with E-state index in [1.165, 1.54) is 37.0 Å². The Labute approximate surface area is 102 Å². The van der Waals surface area contributed by atoms with E-state index in [2.05, 4.69) is 51.1 Å². The van der Waals surface area contributed by atoms with Crippen molar-refractivity contribution in [1.29, 1.82) is 0 Å². The van der Waals surface area contributed by atoms with Gasteiger partial charge in [-0.2, -0.15) is 0 Å². The van der Waals surface area contributed by atoms with Gasteiger partial charge in [0.1, 0.15) is 0 Å². The second kappa shape index (κ2) is 6.90. The fourth-order valence-corrected chi connectivity index (χ4v) is 6.61. The molecule has 1 heteroatoms. The summed E-state index contributed by atoms with van der Waals surface area (Å²) in [5.41, 5.74) is 1.56. The smallest absolute Gasteiger partial charge is 0.0574 e. The summed E-state index contributed by atoms with van der Waals surface area (Å²) in [6, 6.07) is 16.9. The zero-order valence-electron chi connectivity index (χ0n) is 11.1. The van der Waals surface area contributed by atoms with Gasteiger partial charge in [0.05, 0.1) is 8.07 Å². The maximum absolute atomic E-state index is 2.41. The average Bonchev–Trinajstić information content (AvgIpc) is 2.36. The Morgan fingerprint density at radius 2 is 1.56 bits per heavy atom. The Morgan fingerprint density at radius 3 is 2.06 bits per heavy atom. The van der Waals surface area contributed by atoms with Gasteiger partial charge in [-0.1, -0.05) is 87.6 Å². The Kier molecular flexibility index (Phi) is 5.82. The van der Waals surface area contributed by atoms with Crippen molar-refractivity contribution in [3.63, 3.8) is 0 Å². The van der Waals surface area contributed by atoms with Crippen LogP contribution in [-0.2, 0) is 6.04 Å². The van der Waals surface area contributed by atoms with E-state index < -0.39 is 8.07 Å². The molecule has 0 saturated heterocycles. The molecular formula is C15H26Si. The maximum atomic E-state index is 2.41. The van der Waals surface area contributed by atoms with Crippen LogP contribution >= 0.6 is 0 Å². The molecular weight excluding hydrogens is 208 g/mol. The number of rotatable bonds is 7. The highest BCUT2D eigenvalue weighted by molar-refractivity contribution is 6.79. The van der Waals surface area contributed by atoms with Crippen LogP contribution in [0, 0.1) is 0 Å². The lowest BCUT2D eigenvalue weighted by atomic mass is 10.2. The summed E-state index contributed by atoms with van der Waals surface area (Å²) >= 11 is 0. The van der Waals surface area contributed by atoms with E-state index in [1.54, 1.807) is 5.56 Å². The molecule has 1 aromatic carbocycles. The molecule has 0 saturated carbocycles. The molecule has 90 valence electrons. The molecule has 0 aliphatic rings. The van der Waals surface area contributed by atoms with E-state index in [9.17, 15) is 0 Å². The van der Waals surface area contributed by atoms with Gasteiger partial charge >= 0.3 is 0 Å². The van der Waals surface area contributed by atoms with Crippen LogP contribution in [-0.4, -0.2) is 8.07 Å². The second-order valence-electron chi connectivity index (χ2n) is 4.97. The molecule has 16 heavy (non-hydrogen) atoms. The molecule has 0 heterocycles. The minimum atomic E-state index is -1.01. The first-order valence-electron chi connectivity index (χ1n) is 6.80. The SMILES string of the molecule is CCCC[Si](CC)(CC)Cc1ccccc1. The zero-order chi connectivity index (χ0) is 11.9. The van der Waals surface area contributed by atoms with E-state index >= 15 is 0 Å². The van der Waals surface area contributed by atoms with Gasteiger partial charge in [0.25, 0.3) is 0 Å². The van der Waals surface area contributed by atoms with Gasteiger partial charge in [0.2, 0.25) is 0 Å². The number of hydrogen-bond acceptors (Lipinski definition) is 0. The van der Waals surface area contributed by atoms with Crippen LogP contribution in [0.15, 0.2) is 30.3 Å². The summed E-state index contributed by atoms with van der Waals surface area (Å²) in [4.78, 5) is 0. The third kappa shape index (κ3) is 3.78. The van der Waals surface area contributed by atoms with Crippen molar-refractivity contribution < 1.29 is 0 Å². The molecule has 0 radical (unpaired) electrons. The minimum absolute atomic E-state index is 1.01. The first kappa shape index (κ1) is 13.5. The van der Waals surface area contributed by atoms with Crippen molar-refractivity contribution >= 4 is 8.07 Å². The standard InChI is InChI=1S/C15H26Si/c1-4-7-13-16(5-2,6-3)14-15-11-9-8-10-12-15/h8-12H,4-7,13-14H2,1-3H3. The van der Waals surface area contributed by atoms with Gasteiger partial charge in [-0.25, -0.2) is 0 Å². The van der Waals surface area contributed by atoms with Crippen molar-refractivity contribution in [3.8, 4) is 0 Å². The lowest BCUT2D eigenvalue weighted by Crippen LogP contribution is -2.35. The van der Waals surface area contributed by atoms with Crippen molar-refractivity contribution in [3.05, 3.63) is 35.9 Å². The lowest BCUT2D eigenvalue weighted by Gasteiger charge is -2.29. The first-order valence-corrected chi connectivity index (χ1v) is 9.63.